The van der Waals surface area contributed by atoms with Crippen LogP contribution in [-0.2, 0) is 4.79 Å². The zero-order chi connectivity index (χ0) is 20.3. The highest BCUT2D eigenvalue weighted by Crippen LogP contribution is 2.39. The summed E-state index contributed by atoms with van der Waals surface area (Å²) < 4.78 is 79.9. The molecule has 1 unspecified atom stereocenters. The number of rotatable bonds is 6. The maximum Gasteiger partial charge on any atom is 0.395 e. The number of carbonyl (C=O) groups is 1. The fourth-order valence-electron chi connectivity index (χ4n) is 1.69. The smallest absolute Gasteiger partial charge is 0.395 e. The molecule has 0 saturated heterocycles. The first-order chi connectivity index (χ1) is 12.6. The van der Waals surface area contributed by atoms with E-state index >= 15 is 0 Å². The number of carboxylic acid groups (broad SMARTS) is 1. The van der Waals surface area contributed by atoms with Gasteiger partial charge in [0.05, 0.1) is 0 Å². The van der Waals surface area contributed by atoms with Crippen LogP contribution in [0.25, 0.3) is 0 Å². The predicted molar refractivity (Wildman–Crippen MR) is 79.8 cm³/mol. The summed E-state index contributed by atoms with van der Waals surface area (Å²) in [5, 5.41) is 8.69. The lowest BCUT2D eigenvalue weighted by atomic mass is 10.2. The molecule has 0 fully saturated rings. The minimum atomic E-state index is -2.93. The molecule has 0 radical (unpaired) electrons. The molecule has 0 spiro atoms. The van der Waals surface area contributed by atoms with Crippen LogP contribution in [0.15, 0.2) is 29.0 Å². The van der Waals surface area contributed by atoms with Crippen LogP contribution >= 0.6 is 8.17 Å². The highest BCUT2D eigenvalue weighted by molar-refractivity contribution is 7.34. The molecule has 2 atom stereocenters. The first-order valence-corrected chi connectivity index (χ1v) is 8.13. The number of hydrogen-bond donors (Lipinski definition) is 1. The van der Waals surface area contributed by atoms with E-state index in [1.54, 1.807) is 0 Å². The first kappa shape index (κ1) is 20.5. The summed E-state index contributed by atoms with van der Waals surface area (Å²) in [6.07, 6.45) is 0. The number of halogens is 5. The van der Waals surface area contributed by atoms with Crippen molar-refractivity contribution in [3.05, 3.63) is 53.4 Å². The van der Waals surface area contributed by atoms with Gasteiger partial charge in [-0.1, -0.05) is 16.9 Å². The summed E-state index contributed by atoms with van der Waals surface area (Å²) in [5.41, 5.74) is 0. The van der Waals surface area contributed by atoms with E-state index in [9.17, 15) is 31.6 Å². The van der Waals surface area contributed by atoms with Gasteiger partial charge in [0.15, 0.2) is 11.8 Å². The average Bonchev–Trinajstić information content (AvgIpc) is 2.63. The van der Waals surface area contributed by atoms with E-state index in [0.29, 0.717) is 0 Å². The maximum atomic E-state index is 13.7. The first-order valence-electron chi connectivity index (χ1n) is 7.00. The van der Waals surface area contributed by atoms with Crippen molar-refractivity contribution < 1.29 is 46.0 Å². The number of ether oxygens (including phenoxy) is 1. The van der Waals surface area contributed by atoms with Crippen molar-refractivity contribution >= 4 is 14.1 Å². The zero-order valence-corrected chi connectivity index (χ0v) is 14.1. The van der Waals surface area contributed by atoms with E-state index in [1.165, 1.54) is 12.1 Å². The molecule has 0 heterocycles. The highest BCUT2D eigenvalue weighted by atomic mass is 31.1. The number of aliphatic carboxylic acids is 1. The van der Waals surface area contributed by atoms with Gasteiger partial charge in [-0.25, -0.2) is 18.0 Å². The van der Waals surface area contributed by atoms with Crippen molar-refractivity contribution in [2.75, 3.05) is 0 Å². The Balaban J connectivity index is 2.39. The molecule has 2 rings (SSSR count). The van der Waals surface area contributed by atoms with Gasteiger partial charge in [0.1, 0.15) is 0 Å². The fraction of sp³-hybridized carbons (Fsp3) is 0.133. The van der Waals surface area contributed by atoms with E-state index < -0.39 is 66.5 Å². The second-order valence-electron chi connectivity index (χ2n) is 4.91. The third-order valence-corrected chi connectivity index (χ3v) is 3.92. The molecule has 2 aromatic rings. The summed E-state index contributed by atoms with van der Waals surface area (Å²) >= 11 is 0. The van der Waals surface area contributed by atoms with Crippen LogP contribution in [0.1, 0.15) is 6.92 Å². The van der Waals surface area contributed by atoms with Gasteiger partial charge in [0.2, 0.25) is 40.6 Å². The summed E-state index contributed by atoms with van der Waals surface area (Å²) in [6.45, 7) is 1.12. The molecule has 0 aliphatic rings. The number of para-hydroxylation sites is 2. The highest BCUT2D eigenvalue weighted by Gasteiger charge is 2.28. The minimum absolute atomic E-state index is 0.427. The molecule has 0 saturated carbocycles. The van der Waals surface area contributed by atoms with Crippen LogP contribution in [0.2, 0.25) is 0 Å². The molecule has 144 valence electrons. The topological polar surface area (TPSA) is 91.2 Å². The molecule has 12 heteroatoms. The fourth-order valence-corrected chi connectivity index (χ4v) is 2.44. The molecule has 0 aliphatic carbocycles. The molecule has 27 heavy (non-hydrogen) atoms. The lowest BCUT2D eigenvalue weighted by molar-refractivity contribution is -0.169. The van der Waals surface area contributed by atoms with Gasteiger partial charge in [-0.2, -0.15) is 8.78 Å². The van der Waals surface area contributed by atoms with E-state index in [2.05, 4.69) is 4.74 Å². The Morgan fingerprint density at radius 3 is 2.04 bits per heavy atom. The Kier molecular flexibility index (Phi) is 6.29. The van der Waals surface area contributed by atoms with Crippen molar-refractivity contribution in [3.63, 3.8) is 0 Å². The van der Waals surface area contributed by atoms with Crippen LogP contribution in [0.4, 0.5) is 22.0 Å². The van der Waals surface area contributed by atoms with Crippen LogP contribution in [0, 0.1) is 29.1 Å². The Bertz CT molecular complexity index is 895. The third kappa shape index (κ3) is 4.50. The monoisotopic (exact) mass is 409 g/mol. The Labute approximate surface area is 149 Å². The van der Waals surface area contributed by atoms with Crippen molar-refractivity contribution in [3.8, 4) is 17.2 Å². The van der Waals surface area contributed by atoms with Gasteiger partial charge in [-0.05, 0) is 19.1 Å². The number of hydrogen-bond acceptors (Lipinski definition) is 5. The number of carboxylic acids is 1. The number of nitrogens with zero attached hydrogens (tertiary/aromatic N) is 1. The van der Waals surface area contributed by atoms with Crippen molar-refractivity contribution in [2.45, 2.75) is 13.0 Å². The molecule has 6 nitrogen and oxygen atoms in total. The third-order valence-electron chi connectivity index (χ3n) is 3.03. The van der Waals surface area contributed by atoms with E-state index in [-0.39, 0.29) is 0 Å². The predicted octanol–water partition coefficient (Wildman–Crippen LogP) is 3.88. The molecule has 0 aliphatic heterocycles. The second kappa shape index (κ2) is 8.28. The molecule has 1 N–H and O–H groups in total. The molecule has 0 bridgehead atoms. The molecule has 2 aromatic carbocycles. The molecule has 0 aromatic heterocycles. The average molecular weight is 409 g/mol. The normalized spacial score (nSPS) is 12.6. The van der Waals surface area contributed by atoms with E-state index in [0.717, 1.165) is 19.1 Å². The van der Waals surface area contributed by atoms with Crippen LogP contribution < -0.4 is 14.2 Å². The van der Waals surface area contributed by atoms with Crippen molar-refractivity contribution in [2.24, 2.45) is 4.74 Å². The van der Waals surface area contributed by atoms with Gasteiger partial charge in [0.25, 0.3) is 0 Å². The largest absolute Gasteiger partial charge is 0.575 e. The quantitative estimate of drug-likeness (QED) is 0.338. The van der Waals surface area contributed by atoms with Crippen molar-refractivity contribution in [1.29, 1.82) is 0 Å². The Morgan fingerprint density at radius 1 is 1.04 bits per heavy atom. The van der Waals surface area contributed by atoms with Gasteiger partial charge in [-0.3, -0.25) is 4.52 Å². The van der Waals surface area contributed by atoms with Gasteiger partial charge in [-0.15, -0.1) is 0 Å². The van der Waals surface area contributed by atoms with E-state index in [1.807, 2.05) is 0 Å². The van der Waals surface area contributed by atoms with Gasteiger partial charge < -0.3 is 14.7 Å². The van der Waals surface area contributed by atoms with Gasteiger partial charge in [0, 0.05) is 0 Å². The van der Waals surface area contributed by atoms with Crippen LogP contribution in [0.3, 0.4) is 0 Å². The summed E-state index contributed by atoms with van der Waals surface area (Å²) in [6, 6.07) is 3.37. The maximum absolute atomic E-state index is 13.7. The molecular weight excluding hydrogens is 400 g/mol. The number of benzene rings is 2. The van der Waals surface area contributed by atoms with Crippen LogP contribution in [0.5, 0.6) is 17.2 Å². The van der Waals surface area contributed by atoms with Gasteiger partial charge >= 0.3 is 14.1 Å². The summed E-state index contributed by atoms with van der Waals surface area (Å²) in [7, 11) is -2.93. The Hall–Kier alpha value is -2.78. The molecule has 0 amide bonds. The van der Waals surface area contributed by atoms with Crippen LogP contribution in [-0.4, -0.2) is 17.1 Å². The van der Waals surface area contributed by atoms with Crippen molar-refractivity contribution in [1.82, 2.24) is 0 Å². The Morgan fingerprint density at radius 2 is 1.52 bits per heavy atom. The second-order valence-corrected chi connectivity index (χ2v) is 5.80. The lowest BCUT2D eigenvalue weighted by Gasteiger charge is -2.11. The zero-order valence-electron chi connectivity index (χ0n) is 13.3. The SMILES string of the molecule is C[C@H](N=[P+]([O-])Oc1ccccc1Oc1c(F)c(F)c(F)c(F)c1F)C(=O)O. The standard InChI is InChI=1S/C15H9F5NO5P/c1-6(15(22)23)21-27(24)26-8-5-3-2-4-7(8)25-14-12(19)10(17)9(16)11(18)13(14)20/h2-6H,1H3,(H,22,23)/t6-/m0/s1. The van der Waals surface area contributed by atoms with E-state index in [4.69, 9.17) is 14.4 Å². The molecular formula is C15H9F5NO5P. The lowest BCUT2D eigenvalue weighted by Crippen LogP contribution is -2.13. The summed E-state index contributed by atoms with van der Waals surface area (Å²) in [4.78, 5) is 22.4. The summed E-state index contributed by atoms with van der Waals surface area (Å²) in [5.74, 6) is -15.1. The minimum Gasteiger partial charge on any atom is -0.575 e.